The number of non-ortho nitro benzene ring substituents is 1. The fourth-order valence-electron chi connectivity index (χ4n) is 2.28. The first-order chi connectivity index (χ1) is 13.8. The lowest BCUT2D eigenvalue weighted by molar-refractivity contribution is -0.384. The topological polar surface area (TPSA) is 134 Å². The number of anilines is 1. The summed E-state index contributed by atoms with van der Waals surface area (Å²) in [7, 11) is 2.58. The number of carbonyl (C=O) groups is 3. The maximum absolute atomic E-state index is 12.3. The lowest BCUT2D eigenvalue weighted by Gasteiger charge is -2.15. The fraction of sp³-hybridized carbons (Fsp3) is 0.211. The van der Waals surface area contributed by atoms with Gasteiger partial charge in [-0.1, -0.05) is 0 Å². The second kappa shape index (κ2) is 9.31. The third-order valence-corrected chi connectivity index (χ3v) is 3.85. The third kappa shape index (κ3) is 5.28. The van der Waals surface area contributed by atoms with Crippen LogP contribution in [0.2, 0.25) is 0 Å². The van der Waals surface area contributed by atoms with Crippen LogP contribution in [-0.4, -0.2) is 43.1 Å². The molecule has 0 radical (unpaired) electrons. The quantitative estimate of drug-likeness (QED) is 0.424. The van der Waals surface area contributed by atoms with Gasteiger partial charge in [0.05, 0.1) is 36.0 Å². The van der Waals surface area contributed by atoms with Gasteiger partial charge in [-0.15, -0.1) is 0 Å². The summed E-state index contributed by atoms with van der Waals surface area (Å²) in [6.45, 7) is 1.35. The van der Waals surface area contributed by atoms with Crippen molar-refractivity contribution in [1.82, 2.24) is 0 Å². The average Bonchev–Trinajstić information content (AvgIpc) is 2.72. The molecule has 0 aliphatic carbocycles. The Labute approximate surface area is 165 Å². The Balaban J connectivity index is 2.07. The molecule has 10 nitrogen and oxygen atoms in total. The number of hydrogen-bond acceptors (Lipinski definition) is 8. The average molecular weight is 402 g/mol. The van der Waals surface area contributed by atoms with Gasteiger partial charge in [0.2, 0.25) is 0 Å². The zero-order valence-electron chi connectivity index (χ0n) is 15.8. The zero-order valence-corrected chi connectivity index (χ0v) is 15.8. The van der Waals surface area contributed by atoms with Crippen LogP contribution in [0.1, 0.15) is 27.6 Å². The van der Waals surface area contributed by atoms with E-state index in [9.17, 15) is 24.5 Å². The van der Waals surface area contributed by atoms with Crippen LogP contribution < -0.4 is 10.1 Å². The Morgan fingerprint density at radius 1 is 1.00 bits per heavy atom. The molecule has 152 valence electrons. The Morgan fingerprint density at radius 3 is 2.10 bits per heavy atom. The summed E-state index contributed by atoms with van der Waals surface area (Å²) in [6, 6.07) is 9.22. The number of nitrogens with zero attached hydrogens (tertiary/aromatic N) is 1. The molecule has 29 heavy (non-hydrogen) atoms. The van der Waals surface area contributed by atoms with Crippen molar-refractivity contribution >= 4 is 29.2 Å². The Bertz CT molecular complexity index is 940. The molecule has 0 aliphatic rings. The summed E-state index contributed by atoms with van der Waals surface area (Å²) < 4.78 is 14.7. The summed E-state index contributed by atoms with van der Waals surface area (Å²) in [4.78, 5) is 46.2. The number of nitro benzene ring substituents is 1. The summed E-state index contributed by atoms with van der Waals surface area (Å²) in [5.41, 5.74) is 0.214. The van der Waals surface area contributed by atoms with E-state index in [1.54, 1.807) is 0 Å². The minimum absolute atomic E-state index is 0.0667. The fourth-order valence-corrected chi connectivity index (χ4v) is 2.28. The van der Waals surface area contributed by atoms with E-state index in [0.717, 1.165) is 6.07 Å². The largest absolute Gasteiger partial charge is 0.495 e. The number of amides is 1. The number of methoxy groups -OCH3 is 2. The van der Waals surface area contributed by atoms with Crippen LogP contribution in [0.4, 0.5) is 11.4 Å². The molecule has 2 aromatic carbocycles. The predicted octanol–water partition coefficient (Wildman–Crippen LogP) is 2.57. The van der Waals surface area contributed by atoms with E-state index in [1.165, 1.54) is 57.5 Å². The molecular formula is C19H18N2O8. The van der Waals surface area contributed by atoms with Crippen molar-refractivity contribution in [2.45, 2.75) is 13.0 Å². The van der Waals surface area contributed by atoms with Crippen LogP contribution in [0, 0.1) is 10.1 Å². The minimum atomic E-state index is -1.20. The molecule has 1 N–H and O–H groups in total. The molecule has 0 unspecified atom stereocenters. The molecule has 2 rings (SSSR count). The number of esters is 2. The van der Waals surface area contributed by atoms with Crippen molar-refractivity contribution in [3.05, 3.63) is 63.7 Å². The van der Waals surface area contributed by atoms with E-state index < -0.39 is 28.9 Å². The Morgan fingerprint density at radius 2 is 1.59 bits per heavy atom. The number of ether oxygens (including phenoxy) is 3. The number of benzene rings is 2. The van der Waals surface area contributed by atoms with Gasteiger partial charge in [0.1, 0.15) is 5.75 Å². The minimum Gasteiger partial charge on any atom is -0.495 e. The Kier molecular flexibility index (Phi) is 6.85. The molecule has 2 aromatic rings. The molecule has 0 spiro atoms. The van der Waals surface area contributed by atoms with Gasteiger partial charge in [-0.3, -0.25) is 14.9 Å². The van der Waals surface area contributed by atoms with Crippen LogP contribution in [-0.2, 0) is 14.3 Å². The van der Waals surface area contributed by atoms with Crippen LogP contribution in [0.3, 0.4) is 0 Å². The van der Waals surface area contributed by atoms with Gasteiger partial charge in [0.25, 0.3) is 11.6 Å². The van der Waals surface area contributed by atoms with Crippen molar-refractivity contribution in [2.24, 2.45) is 0 Å². The van der Waals surface area contributed by atoms with Gasteiger partial charge in [0, 0.05) is 12.1 Å². The first-order valence-corrected chi connectivity index (χ1v) is 8.29. The highest BCUT2D eigenvalue weighted by atomic mass is 16.6. The molecule has 10 heteroatoms. The zero-order chi connectivity index (χ0) is 21.6. The highest BCUT2D eigenvalue weighted by molar-refractivity contribution is 5.99. The van der Waals surface area contributed by atoms with Gasteiger partial charge >= 0.3 is 11.9 Å². The smallest absolute Gasteiger partial charge is 0.338 e. The second-order valence-electron chi connectivity index (χ2n) is 5.75. The van der Waals surface area contributed by atoms with Crippen LogP contribution >= 0.6 is 0 Å². The van der Waals surface area contributed by atoms with Crippen molar-refractivity contribution < 1.29 is 33.5 Å². The molecule has 0 saturated carbocycles. The van der Waals surface area contributed by atoms with E-state index in [0.29, 0.717) is 0 Å². The maximum Gasteiger partial charge on any atom is 0.338 e. The molecule has 0 saturated heterocycles. The monoisotopic (exact) mass is 402 g/mol. The van der Waals surface area contributed by atoms with Gasteiger partial charge in [-0.05, 0) is 37.3 Å². The van der Waals surface area contributed by atoms with E-state index in [-0.39, 0.29) is 28.3 Å². The number of carbonyl (C=O) groups excluding carboxylic acids is 3. The SMILES string of the molecule is COC(=O)c1ccc(C(=O)O[C@H](C)C(=O)Nc2cc([N+](=O)[O-])ccc2OC)cc1. The first-order valence-electron chi connectivity index (χ1n) is 8.29. The number of nitro groups is 1. The summed E-state index contributed by atoms with van der Waals surface area (Å²) in [5.74, 6) is -1.83. The van der Waals surface area contributed by atoms with Crippen molar-refractivity contribution in [2.75, 3.05) is 19.5 Å². The summed E-state index contributed by atoms with van der Waals surface area (Å²) >= 11 is 0. The molecular weight excluding hydrogens is 384 g/mol. The Hall–Kier alpha value is -3.95. The van der Waals surface area contributed by atoms with Crippen LogP contribution in [0.25, 0.3) is 0 Å². The normalized spacial score (nSPS) is 11.1. The summed E-state index contributed by atoms with van der Waals surface area (Å²) in [5, 5.41) is 13.4. The van der Waals surface area contributed by atoms with E-state index in [2.05, 4.69) is 10.1 Å². The second-order valence-corrected chi connectivity index (χ2v) is 5.75. The van der Waals surface area contributed by atoms with Crippen LogP contribution in [0.15, 0.2) is 42.5 Å². The van der Waals surface area contributed by atoms with E-state index in [1.807, 2.05) is 0 Å². The molecule has 0 aromatic heterocycles. The van der Waals surface area contributed by atoms with Gasteiger partial charge < -0.3 is 19.5 Å². The number of rotatable bonds is 7. The highest BCUT2D eigenvalue weighted by Gasteiger charge is 2.21. The molecule has 0 bridgehead atoms. The van der Waals surface area contributed by atoms with Crippen LogP contribution in [0.5, 0.6) is 5.75 Å². The number of hydrogen-bond donors (Lipinski definition) is 1. The standard InChI is InChI=1S/C19H18N2O8/c1-11(29-19(24)13-6-4-12(5-7-13)18(23)28-3)17(22)20-15-10-14(21(25)26)8-9-16(15)27-2/h4-11H,1-3H3,(H,20,22)/t11-/m1/s1. The van der Waals surface area contributed by atoms with Gasteiger partial charge in [-0.2, -0.15) is 0 Å². The lowest BCUT2D eigenvalue weighted by Crippen LogP contribution is -2.30. The molecule has 0 fully saturated rings. The van der Waals surface area contributed by atoms with Gasteiger partial charge in [0.15, 0.2) is 6.10 Å². The van der Waals surface area contributed by atoms with Crippen molar-refractivity contribution in [3.8, 4) is 5.75 Å². The summed E-state index contributed by atoms with van der Waals surface area (Å²) in [6.07, 6.45) is -1.20. The number of nitrogens with one attached hydrogen (secondary N) is 1. The first kappa shape index (κ1) is 21.4. The molecule has 0 heterocycles. The maximum atomic E-state index is 12.3. The van der Waals surface area contributed by atoms with Crippen molar-refractivity contribution in [3.63, 3.8) is 0 Å². The lowest BCUT2D eigenvalue weighted by atomic mass is 10.1. The van der Waals surface area contributed by atoms with E-state index >= 15 is 0 Å². The third-order valence-electron chi connectivity index (χ3n) is 3.85. The van der Waals surface area contributed by atoms with Gasteiger partial charge in [-0.25, -0.2) is 9.59 Å². The van der Waals surface area contributed by atoms with E-state index in [4.69, 9.17) is 9.47 Å². The van der Waals surface area contributed by atoms with Crippen molar-refractivity contribution in [1.29, 1.82) is 0 Å². The highest BCUT2D eigenvalue weighted by Crippen LogP contribution is 2.29. The molecule has 0 aliphatic heterocycles. The molecule has 1 atom stereocenters. The molecule has 1 amide bonds. The predicted molar refractivity (Wildman–Crippen MR) is 101 cm³/mol.